The lowest BCUT2D eigenvalue weighted by Crippen LogP contribution is -2.14. The van der Waals surface area contributed by atoms with Crippen LogP contribution >= 0.6 is 0 Å². The van der Waals surface area contributed by atoms with E-state index in [0.29, 0.717) is 34.4 Å². The monoisotopic (exact) mass is 374 g/mol. The van der Waals surface area contributed by atoms with E-state index >= 15 is 0 Å². The Balaban J connectivity index is 1.76. The van der Waals surface area contributed by atoms with Crippen LogP contribution in [0, 0.1) is 0 Å². The van der Waals surface area contributed by atoms with Crippen molar-refractivity contribution in [3.05, 3.63) is 72.6 Å². The van der Waals surface area contributed by atoms with Gasteiger partial charge in [-0.3, -0.25) is 9.20 Å². The van der Waals surface area contributed by atoms with Crippen LogP contribution in [0.5, 0.6) is 11.5 Å². The van der Waals surface area contributed by atoms with E-state index in [9.17, 15) is 4.79 Å². The van der Waals surface area contributed by atoms with E-state index in [0.717, 1.165) is 5.56 Å². The molecule has 0 atom stereocenters. The number of hydrogen-bond donors (Lipinski definition) is 1. The number of hydrogen-bond acceptors (Lipinski definition) is 5. The fourth-order valence-corrected chi connectivity index (χ4v) is 2.96. The number of amides is 1. The smallest absolute Gasteiger partial charge is 0.256 e. The Morgan fingerprint density at radius 3 is 2.54 bits per heavy atom. The second kappa shape index (κ2) is 7.40. The predicted octanol–water partition coefficient (Wildman–Crippen LogP) is 3.67. The molecule has 4 aromatic rings. The molecule has 0 fully saturated rings. The van der Waals surface area contributed by atoms with Gasteiger partial charge in [-0.25, -0.2) is 9.97 Å². The molecule has 2 aromatic carbocycles. The molecule has 2 aromatic heterocycles. The molecule has 0 saturated carbocycles. The van der Waals surface area contributed by atoms with E-state index in [1.165, 1.54) is 7.11 Å². The zero-order valence-corrected chi connectivity index (χ0v) is 15.4. The minimum Gasteiger partial charge on any atom is -0.493 e. The molecule has 140 valence electrons. The minimum absolute atomic E-state index is 0.288. The van der Waals surface area contributed by atoms with Gasteiger partial charge in [0.25, 0.3) is 5.91 Å². The van der Waals surface area contributed by atoms with Crippen molar-refractivity contribution in [3.63, 3.8) is 0 Å². The first-order valence-electron chi connectivity index (χ1n) is 8.63. The van der Waals surface area contributed by atoms with Gasteiger partial charge in [-0.15, -0.1) is 0 Å². The number of fused-ring (bicyclic) bond motifs is 1. The number of benzene rings is 2. The topological polar surface area (TPSA) is 77.8 Å². The zero-order chi connectivity index (χ0) is 19.5. The Bertz CT molecular complexity index is 1140. The highest BCUT2D eigenvalue weighted by atomic mass is 16.5. The van der Waals surface area contributed by atoms with Gasteiger partial charge in [0.05, 0.1) is 14.2 Å². The van der Waals surface area contributed by atoms with Crippen LogP contribution in [-0.2, 0) is 0 Å². The van der Waals surface area contributed by atoms with Gasteiger partial charge in [0, 0.05) is 23.5 Å². The molecule has 1 amide bonds. The van der Waals surface area contributed by atoms with Gasteiger partial charge in [-0.05, 0) is 24.3 Å². The minimum atomic E-state index is -0.288. The lowest BCUT2D eigenvalue weighted by atomic mass is 10.1. The fraction of sp³-hybridized carbons (Fsp3) is 0.0952. The predicted molar refractivity (Wildman–Crippen MR) is 106 cm³/mol. The molecule has 7 heteroatoms. The van der Waals surface area contributed by atoms with Crippen molar-refractivity contribution in [1.82, 2.24) is 14.4 Å². The molecule has 0 aliphatic carbocycles. The van der Waals surface area contributed by atoms with Crippen molar-refractivity contribution in [2.45, 2.75) is 0 Å². The number of anilines is 1. The van der Waals surface area contributed by atoms with E-state index < -0.39 is 0 Å². The normalized spacial score (nSPS) is 10.6. The molecule has 1 N–H and O–H groups in total. The number of carbonyl (C=O) groups excluding carboxylic acids is 1. The molecule has 2 heterocycles. The van der Waals surface area contributed by atoms with Crippen LogP contribution in [0.3, 0.4) is 0 Å². The Morgan fingerprint density at radius 2 is 1.79 bits per heavy atom. The summed E-state index contributed by atoms with van der Waals surface area (Å²) in [5, 5.41) is 2.96. The van der Waals surface area contributed by atoms with Gasteiger partial charge in [-0.2, -0.15) is 0 Å². The molecule has 0 radical (unpaired) electrons. The van der Waals surface area contributed by atoms with E-state index in [4.69, 9.17) is 9.47 Å². The Kier molecular flexibility index (Phi) is 4.63. The van der Waals surface area contributed by atoms with Crippen LogP contribution in [0.2, 0.25) is 0 Å². The zero-order valence-electron chi connectivity index (χ0n) is 15.4. The number of ether oxygens (including phenoxy) is 2. The number of imidazole rings is 1. The molecule has 4 rings (SSSR count). The van der Waals surface area contributed by atoms with Crippen molar-refractivity contribution < 1.29 is 14.3 Å². The van der Waals surface area contributed by atoms with Crippen LogP contribution in [0.1, 0.15) is 10.4 Å². The molecule has 0 saturated heterocycles. The fourth-order valence-electron chi connectivity index (χ4n) is 2.96. The summed E-state index contributed by atoms with van der Waals surface area (Å²) in [4.78, 5) is 21.8. The summed E-state index contributed by atoms with van der Waals surface area (Å²) >= 11 is 0. The number of rotatable bonds is 5. The van der Waals surface area contributed by atoms with E-state index in [-0.39, 0.29) is 5.91 Å². The van der Waals surface area contributed by atoms with Gasteiger partial charge >= 0.3 is 0 Å². The molecular formula is C21H18N4O3. The summed E-state index contributed by atoms with van der Waals surface area (Å²) in [7, 11) is 3.08. The first-order chi connectivity index (χ1) is 13.7. The van der Waals surface area contributed by atoms with E-state index in [1.807, 2.05) is 36.5 Å². The lowest BCUT2D eigenvalue weighted by molar-refractivity contribution is 0.102. The van der Waals surface area contributed by atoms with Crippen LogP contribution in [-0.4, -0.2) is 34.5 Å². The van der Waals surface area contributed by atoms with Gasteiger partial charge in [0.2, 0.25) is 5.78 Å². The van der Waals surface area contributed by atoms with Crippen LogP contribution in [0.4, 0.5) is 5.82 Å². The number of carbonyl (C=O) groups is 1. The van der Waals surface area contributed by atoms with Gasteiger partial charge in [-0.1, -0.05) is 30.3 Å². The van der Waals surface area contributed by atoms with Crippen molar-refractivity contribution in [2.24, 2.45) is 0 Å². The van der Waals surface area contributed by atoms with Crippen molar-refractivity contribution in [1.29, 1.82) is 0 Å². The third-order valence-electron chi connectivity index (χ3n) is 4.33. The molecule has 0 unspecified atom stereocenters. The maximum atomic E-state index is 12.9. The third-order valence-corrected chi connectivity index (χ3v) is 4.33. The number of nitrogens with zero attached hydrogens (tertiary/aromatic N) is 3. The molecule has 0 aliphatic rings. The highest BCUT2D eigenvalue weighted by molar-refractivity contribution is 6.06. The third kappa shape index (κ3) is 3.14. The Labute approximate surface area is 161 Å². The first kappa shape index (κ1) is 17.5. The molecule has 0 bridgehead atoms. The number of methoxy groups -OCH3 is 2. The second-order valence-corrected chi connectivity index (χ2v) is 5.99. The molecular weight excluding hydrogens is 356 g/mol. The highest BCUT2D eigenvalue weighted by Crippen LogP contribution is 2.30. The maximum absolute atomic E-state index is 12.9. The summed E-state index contributed by atoms with van der Waals surface area (Å²) in [6.07, 6.45) is 3.48. The SMILES string of the molecule is COc1ccc(C(=O)Nc2c(-c3ccccc3)nc3ncccn23)cc1OC. The van der Waals surface area contributed by atoms with Gasteiger partial charge < -0.3 is 14.8 Å². The Morgan fingerprint density at radius 1 is 1.00 bits per heavy atom. The summed E-state index contributed by atoms with van der Waals surface area (Å²) < 4.78 is 12.3. The van der Waals surface area contributed by atoms with Gasteiger partial charge in [0.15, 0.2) is 11.5 Å². The maximum Gasteiger partial charge on any atom is 0.256 e. The average Bonchev–Trinajstić information content (AvgIpc) is 3.12. The van der Waals surface area contributed by atoms with Crippen molar-refractivity contribution in [3.8, 4) is 22.8 Å². The lowest BCUT2D eigenvalue weighted by Gasteiger charge is -2.11. The summed E-state index contributed by atoms with van der Waals surface area (Å²) in [6, 6.07) is 16.5. The molecule has 0 spiro atoms. The van der Waals surface area contributed by atoms with Crippen molar-refractivity contribution in [2.75, 3.05) is 19.5 Å². The molecule has 28 heavy (non-hydrogen) atoms. The second-order valence-electron chi connectivity index (χ2n) is 5.99. The molecule has 0 aliphatic heterocycles. The quantitative estimate of drug-likeness (QED) is 0.577. The van der Waals surface area contributed by atoms with Crippen molar-refractivity contribution >= 4 is 17.5 Å². The first-order valence-corrected chi connectivity index (χ1v) is 8.63. The standard InChI is InChI=1S/C21H18N4O3/c1-27-16-10-9-15(13-17(16)28-2)20(26)24-19-18(14-7-4-3-5-8-14)23-21-22-11-6-12-25(19)21/h3-13H,1-2H3,(H,24,26). The van der Waals surface area contributed by atoms with Crippen LogP contribution in [0.15, 0.2) is 67.0 Å². The number of aromatic nitrogens is 3. The van der Waals surface area contributed by atoms with Gasteiger partial charge in [0.1, 0.15) is 11.5 Å². The summed E-state index contributed by atoms with van der Waals surface area (Å²) in [6.45, 7) is 0. The summed E-state index contributed by atoms with van der Waals surface area (Å²) in [5.41, 5.74) is 1.97. The number of nitrogens with one attached hydrogen (secondary N) is 1. The average molecular weight is 374 g/mol. The Hall–Kier alpha value is -3.87. The van der Waals surface area contributed by atoms with Crippen LogP contribution < -0.4 is 14.8 Å². The molecule has 7 nitrogen and oxygen atoms in total. The van der Waals surface area contributed by atoms with E-state index in [2.05, 4.69) is 15.3 Å². The largest absolute Gasteiger partial charge is 0.493 e. The van der Waals surface area contributed by atoms with E-state index in [1.54, 1.807) is 42.0 Å². The van der Waals surface area contributed by atoms with Crippen LogP contribution in [0.25, 0.3) is 17.0 Å². The highest BCUT2D eigenvalue weighted by Gasteiger charge is 2.18. The summed E-state index contributed by atoms with van der Waals surface area (Å²) in [5.74, 6) is 1.81.